The lowest BCUT2D eigenvalue weighted by molar-refractivity contribution is 0.0694. The van der Waals surface area contributed by atoms with E-state index in [4.69, 9.17) is 0 Å². The molecule has 2 aromatic rings. The minimum atomic E-state index is -1.30. The van der Waals surface area contributed by atoms with Crippen molar-refractivity contribution >= 4 is 28.6 Å². The van der Waals surface area contributed by atoms with Gasteiger partial charge in [-0.05, 0) is 26.8 Å². The van der Waals surface area contributed by atoms with Crippen LogP contribution in [-0.4, -0.2) is 40.8 Å². The monoisotopic (exact) mass is 371 g/mol. The van der Waals surface area contributed by atoms with Crippen LogP contribution in [0.3, 0.4) is 0 Å². The topological polar surface area (TPSA) is 74.6 Å². The molecule has 2 N–H and O–H groups in total. The Hall–Kier alpha value is -2.67. The number of anilines is 1. The van der Waals surface area contributed by atoms with Crippen molar-refractivity contribution < 1.29 is 14.3 Å². The molecule has 3 heterocycles. The summed E-state index contributed by atoms with van der Waals surface area (Å²) >= 11 is 0. The van der Waals surface area contributed by atoms with Crippen molar-refractivity contribution in [2.75, 3.05) is 24.5 Å². The molecule has 0 radical (unpaired) electrons. The van der Waals surface area contributed by atoms with Crippen molar-refractivity contribution in [1.82, 2.24) is 9.88 Å². The van der Waals surface area contributed by atoms with Gasteiger partial charge in [-0.3, -0.25) is 4.79 Å². The largest absolute Gasteiger partial charge is 0.477 e. The van der Waals surface area contributed by atoms with Crippen molar-refractivity contribution in [3.05, 3.63) is 45.5 Å². The Bertz CT molecular complexity index is 1050. The van der Waals surface area contributed by atoms with Crippen LogP contribution in [0.5, 0.6) is 0 Å². The van der Waals surface area contributed by atoms with Gasteiger partial charge in [-0.2, -0.15) is 0 Å². The first-order valence-corrected chi connectivity index (χ1v) is 9.02. The van der Waals surface area contributed by atoms with Gasteiger partial charge in [-0.1, -0.05) is 12.2 Å². The summed E-state index contributed by atoms with van der Waals surface area (Å²) in [5.41, 5.74) is 0.541. The van der Waals surface area contributed by atoms with Crippen LogP contribution in [0.25, 0.3) is 17.0 Å². The van der Waals surface area contributed by atoms with Crippen molar-refractivity contribution in [1.29, 1.82) is 0 Å². The number of carboxylic acid groups (broad SMARTS) is 1. The number of piperazine rings is 1. The summed E-state index contributed by atoms with van der Waals surface area (Å²) in [5.74, 6) is -1.80. The van der Waals surface area contributed by atoms with Crippen LogP contribution in [0, 0.1) is 5.82 Å². The zero-order chi connectivity index (χ0) is 19.5. The minimum absolute atomic E-state index is 0.108. The van der Waals surface area contributed by atoms with Gasteiger partial charge in [0, 0.05) is 43.0 Å². The fourth-order valence-corrected chi connectivity index (χ4v) is 4.12. The van der Waals surface area contributed by atoms with E-state index in [1.807, 2.05) is 24.0 Å². The Morgan fingerprint density at radius 1 is 1.41 bits per heavy atom. The number of allylic oxidation sites excluding steroid dienone is 1. The Balaban J connectivity index is 2.03. The smallest absolute Gasteiger partial charge is 0.341 e. The minimum Gasteiger partial charge on any atom is -0.477 e. The number of carboxylic acids is 1. The molecule has 1 unspecified atom stereocenters. The first kappa shape index (κ1) is 17.7. The van der Waals surface area contributed by atoms with Crippen molar-refractivity contribution in [2.24, 2.45) is 0 Å². The summed E-state index contributed by atoms with van der Waals surface area (Å²) in [5, 5.41) is 12.9. The van der Waals surface area contributed by atoms with Crippen LogP contribution in [0.1, 0.15) is 42.7 Å². The van der Waals surface area contributed by atoms with E-state index in [2.05, 4.69) is 19.2 Å². The number of rotatable bonds is 2. The molecule has 7 heteroatoms. The highest BCUT2D eigenvalue weighted by Gasteiger charge is 2.31. The first-order chi connectivity index (χ1) is 12.7. The van der Waals surface area contributed by atoms with Gasteiger partial charge >= 0.3 is 5.97 Å². The standard InChI is InChI=1S/C20H22FN3O3/c1-11-4-5-12-16-13(18(25)14(19(26)27)9-24(11)16)8-15(21)17(12)23-7-6-22-20(2,3)10-23/h4-5,8-9,11,22H,6-7,10H2,1-3H3,(H,26,27). The van der Waals surface area contributed by atoms with E-state index in [0.29, 0.717) is 29.9 Å². The fraction of sp³-hybridized carbons (Fsp3) is 0.400. The van der Waals surface area contributed by atoms with Crippen LogP contribution in [-0.2, 0) is 0 Å². The van der Waals surface area contributed by atoms with Gasteiger partial charge in [0.15, 0.2) is 0 Å². The lowest BCUT2D eigenvalue weighted by Gasteiger charge is -2.41. The second-order valence-corrected chi connectivity index (χ2v) is 7.93. The molecule has 1 aromatic heterocycles. The second kappa shape index (κ2) is 5.92. The average molecular weight is 371 g/mol. The van der Waals surface area contributed by atoms with Crippen molar-refractivity contribution in [3.8, 4) is 0 Å². The van der Waals surface area contributed by atoms with E-state index in [1.165, 1.54) is 12.3 Å². The highest BCUT2D eigenvalue weighted by Crippen LogP contribution is 2.37. The van der Waals surface area contributed by atoms with E-state index in [-0.39, 0.29) is 22.5 Å². The highest BCUT2D eigenvalue weighted by atomic mass is 19.1. The van der Waals surface area contributed by atoms with Gasteiger partial charge in [-0.15, -0.1) is 0 Å². The van der Waals surface area contributed by atoms with E-state index in [9.17, 15) is 14.7 Å². The van der Waals surface area contributed by atoms with E-state index in [0.717, 1.165) is 6.54 Å². The maximum absolute atomic E-state index is 15.2. The molecule has 1 aromatic carbocycles. The Labute approximate surface area is 155 Å². The summed E-state index contributed by atoms with van der Waals surface area (Å²) in [6, 6.07) is 1.07. The number of halogens is 1. The number of nitrogens with one attached hydrogen (secondary N) is 1. The lowest BCUT2D eigenvalue weighted by Crippen LogP contribution is -2.57. The molecule has 0 saturated carbocycles. The molecule has 1 saturated heterocycles. The van der Waals surface area contributed by atoms with E-state index >= 15 is 4.39 Å². The third-order valence-corrected chi connectivity index (χ3v) is 5.38. The summed E-state index contributed by atoms with van der Waals surface area (Å²) < 4.78 is 16.9. The Morgan fingerprint density at radius 3 is 2.81 bits per heavy atom. The van der Waals surface area contributed by atoms with E-state index < -0.39 is 17.2 Å². The van der Waals surface area contributed by atoms with Gasteiger partial charge in [0.05, 0.1) is 16.6 Å². The molecule has 2 aliphatic heterocycles. The number of hydrogen-bond acceptors (Lipinski definition) is 4. The van der Waals surface area contributed by atoms with Crippen LogP contribution in [0.4, 0.5) is 10.1 Å². The quantitative estimate of drug-likeness (QED) is 0.849. The number of hydrogen-bond donors (Lipinski definition) is 2. The van der Waals surface area contributed by atoms with E-state index in [1.54, 1.807) is 4.57 Å². The third kappa shape index (κ3) is 2.73. The van der Waals surface area contributed by atoms with Gasteiger partial charge in [0.1, 0.15) is 11.4 Å². The molecule has 0 aliphatic carbocycles. The molecule has 27 heavy (non-hydrogen) atoms. The maximum atomic E-state index is 15.2. The van der Waals surface area contributed by atoms with Gasteiger partial charge < -0.3 is 19.9 Å². The molecule has 0 spiro atoms. The second-order valence-electron chi connectivity index (χ2n) is 7.93. The molecular weight excluding hydrogens is 349 g/mol. The van der Waals surface area contributed by atoms with Crippen LogP contribution < -0.4 is 15.6 Å². The highest BCUT2D eigenvalue weighted by molar-refractivity contribution is 5.99. The summed E-state index contributed by atoms with van der Waals surface area (Å²) in [7, 11) is 0. The summed E-state index contributed by atoms with van der Waals surface area (Å²) in [6.07, 6.45) is 5.11. The van der Waals surface area contributed by atoms with Gasteiger partial charge in [0.2, 0.25) is 5.43 Å². The number of aromatic carboxylic acids is 1. The summed E-state index contributed by atoms with van der Waals surface area (Å²) in [4.78, 5) is 26.1. The number of carbonyl (C=O) groups is 1. The normalized spacial score (nSPS) is 20.9. The Kier molecular flexibility index (Phi) is 3.89. The van der Waals surface area contributed by atoms with Gasteiger partial charge in [-0.25, -0.2) is 9.18 Å². The number of benzene rings is 1. The van der Waals surface area contributed by atoms with Gasteiger partial charge in [0.25, 0.3) is 0 Å². The maximum Gasteiger partial charge on any atom is 0.341 e. The molecule has 142 valence electrons. The zero-order valence-corrected chi connectivity index (χ0v) is 15.5. The predicted octanol–water partition coefficient (Wildman–Crippen LogP) is 2.61. The molecule has 6 nitrogen and oxygen atoms in total. The molecular formula is C20H22FN3O3. The SMILES string of the molecule is CC1C=Cc2c(N3CCNC(C)(C)C3)c(F)cc3c(=O)c(C(=O)O)cn1c23. The lowest BCUT2D eigenvalue weighted by atomic mass is 9.96. The van der Waals surface area contributed by atoms with Crippen molar-refractivity contribution in [2.45, 2.75) is 32.4 Å². The molecule has 2 aliphatic rings. The Morgan fingerprint density at radius 2 is 2.15 bits per heavy atom. The average Bonchev–Trinajstić information content (AvgIpc) is 2.58. The molecule has 1 atom stereocenters. The number of pyridine rings is 1. The number of nitrogens with zero attached hydrogens (tertiary/aromatic N) is 2. The number of aromatic nitrogens is 1. The predicted molar refractivity (Wildman–Crippen MR) is 103 cm³/mol. The van der Waals surface area contributed by atoms with Crippen LogP contribution >= 0.6 is 0 Å². The fourth-order valence-electron chi connectivity index (χ4n) is 4.12. The molecule has 1 fully saturated rings. The van der Waals surface area contributed by atoms with Crippen LogP contribution in [0.15, 0.2) is 23.1 Å². The summed E-state index contributed by atoms with van der Waals surface area (Å²) in [6.45, 7) is 8.05. The van der Waals surface area contributed by atoms with Crippen LogP contribution in [0.2, 0.25) is 0 Å². The molecule has 4 rings (SSSR count). The third-order valence-electron chi connectivity index (χ3n) is 5.38. The molecule has 0 amide bonds. The molecule has 0 bridgehead atoms. The zero-order valence-electron chi connectivity index (χ0n) is 15.5. The van der Waals surface area contributed by atoms with Crippen molar-refractivity contribution in [3.63, 3.8) is 0 Å². The first-order valence-electron chi connectivity index (χ1n) is 9.02.